The van der Waals surface area contributed by atoms with Crippen molar-refractivity contribution in [1.29, 1.82) is 0 Å². The molecule has 1 aromatic carbocycles. The number of nitrogens with two attached hydrogens (primary N) is 1. The molecule has 4 nitrogen and oxygen atoms in total. The van der Waals surface area contributed by atoms with E-state index in [1.54, 1.807) is 18.2 Å². The van der Waals surface area contributed by atoms with Crippen LogP contribution in [0.25, 0.3) is 0 Å². The Bertz CT molecular complexity index is 619. The highest BCUT2D eigenvalue weighted by atomic mass is 35.5. The first-order chi connectivity index (χ1) is 10.9. The van der Waals surface area contributed by atoms with Crippen LogP contribution in [0.4, 0.5) is 4.79 Å². The Balaban J connectivity index is 0.00000288. The second kappa shape index (κ2) is 10.0. The number of carbonyl (C=O) groups excluding carboxylic acids is 1. The summed E-state index contributed by atoms with van der Waals surface area (Å²) in [5.74, 6) is 5.95. The number of rotatable bonds is 2. The summed E-state index contributed by atoms with van der Waals surface area (Å²) in [5, 5.41) is 6.75. The van der Waals surface area contributed by atoms with Gasteiger partial charge in [0.1, 0.15) is 0 Å². The molecule has 1 fully saturated rings. The zero-order chi connectivity index (χ0) is 16.8. The van der Waals surface area contributed by atoms with Crippen molar-refractivity contribution in [3.05, 3.63) is 33.8 Å². The van der Waals surface area contributed by atoms with Gasteiger partial charge in [0.15, 0.2) is 0 Å². The largest absolute Gasteiger partial charge is 0.335 e. The summed E-state index contributed by atoms with van der Waals surface area (Å²) < 4.78 is 0. The molecule has 0 radical (unpaired) electrons. The number of halogens is 3. The minimum Gasteiger partial charge on any atom is -0.335 e. The first-order valence-corrected chi connectivity index (χ1v) is 8.49. The number of carbonyl (C=O) groups is 1. The Morgan fingerprint density at radius 3 is 2.54 bits per heavy atom. The highest BCUT2D eigenvalue weighted by Crippen LogP contribution is 2.22. The average molecular weight is 391 g/mol. The van der Waals surface area contributed by atoms with Crippen LogP contribution in [0.15, 0.2) is 18.2 Å². The van der Waals surface area contributed by atoms with Crippen molar-refractivity contribution in [1.82, 2.24) is 10.6 Å². The lowest BCUT2D eigenvalue weighted by atomic mass is 9.92. The molecule has 0 heterocycles. The van der Waals surface area contributed by atoms with Crippen LogP contribution in [0.5, 0.6) is 0 Å². The van der Waals surface area contributed by atoms with E-state index in [4.69, 9.17) is 28.9 Å². The van der Waals surface area contributed by atoms with Crippen molar-refractivity contribution in [2.75, 3.05) is 0 Å². The second-order valence-corrected chi connectivity index (χ2v) is 6.66. The summed E-state index contributed by atoms with van der Waals surface area (Å²) >= 11 is 11.8. The van der Waals surface area contributed by atoms with Crippen LogP contribution >= 0.6 is 35.6 Å². The van der Waals surface area contributed by atoms with Gasteiger partial charge in [-0.1, -0.05) is 35.0 Å². The first kappa shape index (κ1) is 20.9. The van der Waals surface area contributed by atoms with E-state index in [-0.39, 0.29) is 36.6 Å². The summed E-state index contributed by atoms with van der Waals surface area (Å²) in [5.41, 5.74) is 6.62. The Morgan fingerprint density at radius 2 is 1.92 bits per heavy atom. The zero-order valence-electron chi connectivity index (χ0n) is 13.4. The normalized spacial score (nSPS) is 20.8. The van der Waals surface area contributed by atoms with Gasteiger partial charge in [0.05, 0.1) is 16.1 Å². The van der Waals surface area contributed by atoms with Crippen molar-refractivity contribution in [2.24, 2.45) is 5.73 Å². The number of hydrogen-bond acceptors (Lipinski definition) is 2. The van der Waals surface area contributed by atoms with Crippen LogP contribution in [0.1, 0.15) is 38.2 Å². The van der Waals surface area contributed by atoms with Gasteiger partial charge in [0.25, 0.3) is 0 Å². The van der Waals surface area contributed by atoms with Gasteiger partial charge in [-0.2, -0.15) is 0 Å². The predicted molar refractivity (Wildman–Crippen MR) is 102 cm³/mol. The molecule has 1 unspecified atom stereocenters. The summed E-state index contributed by atoms with van der Waals surface area (Å²) in [7, 11) is 0. The predicted octanol–water partition coefficient (Wildman–Crippen LogP) is 3.72. The van der Waals surface area contributed by atoms with Crippen LogP contribution in [-0.4, -0.2) is 24.2 Å². The van der Waals surface area contributed by atoms with E-state index in [1.807, 2.05) is 6.92 Å². The van der Waals surface area contributed by atoms with E-state index in [0.29, 0.717) is 10.0 Å². The molecule has 0 aromatic heterocycles. The van der Waals surface area contributed by atoms with Crippen LogP contribution in [-0.2, 0) is 0 Å². The fraction of sp³-hybridized carbons (Fsp3) is 0.471. The number of benzene rings is 1. The quantitative estimate of drug-likeness (QED) is 0.674. The lowest BCUT2D eigenvalue weighted by molar-refractivity contribution is 0.230. The van der Waals surface area contributed by atoms with Crippen molar-refractivity contribution in [3.63, 3.8) is 0 Å². The van der Waals surface area contributed by atoms with Crippen LogP contribution < -0.4 is 16.4 Å². The molecule has 1 aliphatic carbocycles. The molecular weight excluding hydrogens is 369 g/mol. The Kier molecular flexibility index (Phi) is 8.72. The number of amides is 2. The van der Waals surface area contributed by atoms with E-state index in [1.165, 1.54) is 0 Å². The molecule has 0 spiro atoms. The molecule has 2 amide bonds. The van der Waals surface area contributed by atoms with E-state index >= 15 is 0 Å². The van der Waals surface area contributed by atoms with Crippen molar-refractivity contribution < 1.29 is 4.79 Å². The summed E-state index contributed by atoms with van der Waals surface area (Å²) in [6.45, 7) is 1.83. The van der Waals surface area contributed by atoms with Crippen molar-refractivity contribution >= 4 is 41.6 Å². The molecule has 0 saturated heterocycles. The SMILES string of the molecule is CC(C#Cc1ccc(Cl)c(Cl)c1)NC(=O)NC1CCC(N)CC1.Cl. The van der Waals surface area contributed by atoms with Gasteiger partial charge in [0, 0.05) is 17.6 Å². The molecular formula is C17H22Cl3N3O. The maximum Gasteiger partial charge on any atom is 0.315 e. The van der Waals surface area contributed by atoms with Gasteiger partial charge in [-0.25, -0.2) is 4.79 Å². The molecule has 7 heteroatoms. The van der Waals surface area contributed by atoms with E-state index in [9.17, 15) is 4.79 Å². The fourth-order valence-electron chi connectivity index (χ4n) is 2.49. The molecule has 1 aliphatic rings. The summed E-state index contributed by atoms with van der Waals surface area (Å²) in [4.78, 5) is 12.0. The molecule has 2 rings (SSSR count). The maximum atomic E-state index is 12.0. The fourth-order valence-corrected chi connectivity index (χ4v) is 2.79. The molecule has 24 heavy (non-hydrogen) atoms. The standard InChI is InChI=1S/C17H21Cl2N3O.ClH/c1-11(2-3-12-4-9-15(18)16(19)10-12)21-17(23)22-14-7-5-13(20)6-8-14;/h4,9-11,13-14H,5-8,20H2,1H3,(H2,21,22,23);1H. The summed E-state index contributed by atoms with van der Waals surface area (Å²) in [6, 6.07) is 5.20. The molecule has 1 saturated carbocycles. The Labute approximate surface area is 159 Å². The third kappa shape index (κ3) is 6.78. The van der Waals surface area contributed by atoms with E-state index < -0.39 is 0 Å². The van der Waals surface area contributed by atoms with Gasteiger partial charge in [-0.3, -0.25) is 0 Å². The molecule has 1 aromatic rings. The Hall–Kier alpha value is -1.12. The van der Waals surface area contributed by atoms with Crippen molar-refractivity contribution in [3.8, 4) is 11.8 Å². The molecule has 0 aliphatic heterocycles. The molecule has 4 N–H and O–H groups in total. The minimum absolute atomic E-state index is 0. The van der Waals surface area contributed by atoms with Crippen LogP contribution in [0.2, 0.25) is 10.0 Å². The average Bonchev–Trinajstić information content (AvgIpc) is 2.51. The van der Waals surface area contributed by atoms with Gasteiger partial charge < -0.3 is 16.4 Å². The van der Waals surface area contributed by atoms with Crippen LogP contribution in [0.3, 0.4) is 0 Å². The highest BCUT2D eigenvalue weighted by molar-refractivity contribution is 6.42. The molecule has 1 atom stereocenters. The highest BCUT2D eigenvalue weighted by Gasteiger charge is 2.20. The third-order valence-electron chi connectivity index (χ3n) is 3.81. The minimum atomic E-state index is -0.268. The van der Waals surface area contributed by atoms with Gasteiger partial charge >= 0.3 is 6.03 Å². The first-order valence-electron chi connectivity index (χ1n) is 7.73. The smallest absolute Gasteiger partial charge is 0.315 e. The van der Waals surface area contributed by atoms with E-state index in [2.05, 4.69) is 22.5 Å². The lowest BCUT2D eigenvalue weighted by Crippen LogP contribution is -2.47. The second-order valence-electron chi connectivity index (χ2n) is 5.85. The topological polar surface area (TPSA) is 67.2 Å². The third-order valence-corrected chi connectivity index (χ3v) is 4.55. The van der Waals surface area contributed by atoms with E-state index in [0.717, 1.165) is 31.2 Å². The lowest BCUT2D eigenvalue weighted by Gasteiger charge is -2.27. The monoisotopic (exact) mass is 389 g/mol. The van der Waals surface area contributed by atoms with Crippen LogP contribution in [0, 0.1) is 11.8 Å². The zero-order valence-corrected chi connectivity index (χ0v) is 15.8. The summed E-state index contributed by atoms with van der Waals surface area (Å²) in [6.07, 6.45) is 3.77. The van der Waals surface area contributed by atoms with Gasteiger partial charge in [-0.15, -0.1) is 12.4 Å². The molecule has 132 valence electrons. The maximum absolute atomic E-state index is 12.0. The van der Waals surface area contributed by atoms with Crippen molar-refractivity contribution in [2.45, 2.75) is 50.7 Å². The number of nitrogens with one attached hydrogen (secondary N) is 2. The number of hydrogen-bond donors (Lipinski definition) is 3. The number of urea groups is 1. The Morgan fingerprint density at radius 1 is 1.25 bits per heavy atom. The van der Waals surface area contributed by atoms with Gasteiger partial charge in [0.2, 0.25) is 0 Å². The molecule has 0 bridgehead atoms. The van der Waals surface area contributed by atoms with Gasteiger partial charge in [-0.05, 0) is 50.8 Å².